The van der Waals surface area contributed by atoms with Crippen LogP contribution in [0.25, 0.3) is 0 Å². The summed E-state index contributed by atoms with van der Waals surface area (Å²) in [5.74, 6) is 0.195. The zero-order chi connectivity index (χ0) is 13.1. The molecule has 0 aromatic rings. The number of carbonyl (C=O) groups is 2. The minimum atomic E-state index is -0.260. The van der Waals surface area contributed by atoms with Gasteiger partial charge in [0.2, 0.25) is 0 Å². The van der Waals surface area contributed by atoms with Gasteiger partial charge in [0.25, 0.3) is 0 Å². The Morgan fingerprint density at radius 3 is 2.72 bits per heavy atom. The van der Waals surface area contributed by atoms with E-state index in [1.165, 1.54) is 0 Å². The molecule has 2 saturated carbocycles. The maximum absolute atomic E-state index is 11.8. The van der Waals surface area contributed by atoms with Crippen LogP contribution in [-0.4, -0.2) is 17.9 Å². The van der Waals surface area contributed by atoms with Gasteiger partial charge in [0.15, 0.2) is 5.78 Å². The number of fused-ring (bicyclic) bond motifs is 2. The van der Waals surface area contributed by atoms with E-state index in [1.807, 2.05) is 0 Å². The van der Waals surface area contributed by atoms with Gasteiger partial charge in [0.05, 0.1) is 0 Å². The minimum absolute atomic E-state index is 0.0350. The summed E-state index contributed by atoms with van der Waals surface area (Å²) in [6, 6.07) is 0. The van der Waals surface area contributed by atoms with Gasteiger partial charge in [-0.1, -0.05) is 20.1 Å². The highest BCUT2D eigenvalue weighted by molar-refractivity contribution is 5.96. The second kappa shape index (κ2) is 3.56. The molecule has 3 nitrogen and oxygen atoms in total. The molecule has 0 aromatic heterocycles. The van der Waals surface area contributed by atoms with E-state index in [1.54, 1.807) is 0 Å². The minimum Gasteiger partial charge on any atom is -0.458 e. The molecule has 0 spiro atoms. The zero-order valence-electron chi connectivity index (χ0n) is 10.7. The van der Waals surface area contributed by atoms with E-state index in [-0.39, 0.29) is 35.1 Å². The fourth-order valence-electron chi connectivity index (χ4n) is 3.88. The molecular formula is C15H18O3. The van der Waals surface area contributed by atoms with Crippen molar-refractivity contribution in [3.63, 3.8) is 0 Å². The third-order valence-corrected chi connectivity index (χ3v) is 5.12. The highest BCUT2D eigenvalue weighted by atomic mass is 16.6. The first kappa shape index (κ1) is 11.7. The highest BCUT2D eigenvalue weighted by Gasteiger charge is 2.53. The van der Waals surface area contributed by atoms with Crippen molar-refractivity contribution in [2.45, 2.75) is 38.7 Å². The number of carbonyl (C=O) groups excluding carboxylic acids is 2. The number of hydrogen-bond acceptors (Lipinski definition) is 3. The summed E-state index contributed by atoms with van der Waals surface area (Å²) in [5, 5.41) is 0. The van der Waals surface area contributed by atoms with E-state index in [0.717, 1.165) is 24.8 Å². The van der Waals surface area contributed by atoms with Crippen molar-refractivity contribution in [3.8, 4) is 0 Å². The molecule has 0 aromatic carbocycles. The first-order valence-corrected chi connectivity index (χ1v) is 6.54. The number of rotatable bonds is 0. The largest absolute Gasteiger partial charge is 0.458 e. The molecule has 3 fully saturated rings. The first-order valence-electron chi connectivity index (χ1n) is 6.54. The van der Waals surface area contributed by atoms with Crippen LogP contribution in [0.2, 0.25) is 0 Å². The van der Waals surface area contributed by atoms with Gasteiger partial charge in [-0.2, -0.15) is 0 Å². The van der Waals surface area contributed by atoms with Crippen LogP contribution < -0.4 is 0 Å². The van der Waals surface area contributed by atoms with Crippen molar-refractivity contribution in [2.24, 2.45) is 17.3 Å². The van der Waals surface area contributed by atoms with Gasteiger partial charge in [0.1, 0.15) is 6.10 Å². The highest BCUT2D eigenvalue weighted by Crippen LogP contribution is 2.55. The first-order chi connectivity index (χ1) is 8.42. The molecule has 18 heavy (non-hydrogen) atoms. The molecule has 4 atom stereocenters. The Balaban J connectivity index is 1.93. The van der Waals surface area contributed by atoms with E-state index in [0.29, 0.717) is 12.0 Å². The summed E-state index contributed by atoms with van der Waals surface area (Å²) in [7, 11) is 0. The Labute approximate surface area is 107 Å². The Bertz CT molecular complexity index is 476. The monoisotopic (exact) mass is 246 g/mol. The summed E-state index contributed by atoms with van der Waals surface area (Å²) >= 11 is 0. The van der Waals surface area contributed by atoms with Crippen LogP contribution in [0.4, 0.5) is 0 Å². The third-order valence-electron chi connectivity index (χ3n) is 5.12. The van der Waals surface area contributed by atoms with Gasteiger partial charge >= 0.3 is 5.97 Å². The lowest BCUT2D eigenvalue weighted by Crippen LogP contribution is -2.45. The van der Waals surface area contributed by atoms with Crippen molar-refractivity contribution in [1.82, 2.24) is 0 Å². The van der Waals surface area contributed by atoms with Crippen LogP contribution in [0.3, 0.4) is 0 Å². The summed E-state index contributed by atoms with van der Waals surface area (Å²) in [6.07, 6.45) is 3.04. The molecule has 0 N–H and O–H groups in total. The lowest BCUT2D eigenvalue weighted by Gasteiger charge is -2.48. The topological polar surface area (TPSA) is 43.4 Å². The number of allylic oxidation sites excluding steroid dienone is 1. The number of Topliss-reactive ketones (excluding diaryl/α,β-unsaturated/α-hetero) is 1. The van der Waals surface area contributed by atoms with E-state index in [4.69, 9.17) is 4.74 Å². The second-order valence-corrected chi connectivity index (χ2v) is 6.17. The molecule has 3 aliphatic rings. The van der Waals surface area contributed by atoms with Crippen molar-refractivity contribution in [3.05, 3.63) is 24.3 Å². The van der Waals surface area contributed by atoms with E-state index < -0.39 is 0 Å². The lowest BCUT2D eigenvalue weighted by molar-refractivity contribution is -0.143. The van der Waals surface area contributed by atoms with Gasteiger partial charge in [-0.05, 0) is 36.2 Å². The molecule has 1 heterocycles. The molecule has 3 rings (SSSR count). The van der Waals surface area contributed by atoms with E-state index in [2.05, 4.69) is 20.1 Å². The Morgan fingerprint density at radius 2 is 2.00 bits per heavy atom. The third kappa shape index (κ3) is 1.43. The van der Waals surface area contributed by atoms with Gasteiger partial charge in [-0.25, -0.2) is 4.79 Å². The van der Waals surface area contributed by atoms with E-state index in [9.17, 15) is 9.59 Å². The molecule has 0 amide bonds. The summed E-state index contributed by atoms with van der Waals surface area (Å²) in [5.41, 5.74) is 1.37. The van der Waals surface area contributed by atoms with Crippen molar-refractivity contribution in [2.75, 3.05) is 0 Å². The second-order valence-electron chi connectivity index (χ2n) is 6.17. The Hall–Kier alpha value is -1.38. The number of ketones is 1. The smallest absolute Gasteiger partial charge is 0.334 e. The Kier molecular flexibility index (Phi) is 2.31. The quantitative estimate of drug-likeness (QED) is 0.487. The SMILES string of the molecule is C=C1C(=O)O[C@@H]2C[C@@]3(C)CCC(=O)C(=C)[C@@H]3C[C@H]12. The average Bonchev–Trinajstić information content (AvgIpc) is 2.58. The average molecular weight is 246 g/mol. The predicted octanol–water partition coefficient (Wildman–Crippen LogP) is 2.42. The lowest BCUT2D eigenvalue weighted by atomic mass is 9.55. The summed E-state index contributed by atoms with van der Waals surface area (Å²) in [4.78, 5) is 23.4. The normalized spacial score (nSPS) is 43.5. The molecule has 96 valence electrons. The van der Waals surface area contributed by atoms with Crippen LogP contribution in [0, 0.1) is 17.3 Å². The van der Waals surface area contributed by atoms with Crippen LogP contribution in [-0.2, 0) is 14.3 Å². The van der Waals surface area contributed by atoms with Crippen LogP contribution in [0.15, 0.2) is 24.3 Å². The zero-order valence-corrected chi connectivity index (χ0v) is 10.7. The molecule has 0 radical (unpaired) electrons. The van der Waals surface area contributed by atoms with Crippen molar-refractivity contribution in [1.29, 1.82) is 0 Å². The van der Waals surface area contributed by atoms with Crippen molar-refractivity contribution < 1.29 is 14.3 Å². The van der Waals surface area contributed by atoms with Crippen molar-refractivity contribution >= 4 is 11.8 Å². The van der Waals surface area contributed by atoms with Gasteiger partial charge in [-0.15, -0.1) is 0 Å². The fraction of sp³-hybridized carbons (Fsp3) is 0.600. The van der Waals surface area contributed by atoms with E-state index >= 15 is 0 Å². The summed E-state index contributed by atoms with van der Waals surface area (Å²) in [6.45, 7) is 10.0. The van der Waals surface area contributed by atoms with Crippen LogP contribution >= 0.6 is 0 Å². The molecule has 1 saturated heterocycles. The van der Waals surface area contributed by atoms with Gasteiger partial charge < -0.3 is 4.74 Å². The maximum Gasteiger partial charge on any atom is 0.334 e. The summed E-state index contributed by atoms with van der Waals surface area (Å²) < 4.78 is 5.40. The number of hydrogen-bond donors (Lipinski definition) is 0. The molecular weight excluding hydrogens is 228 g/mol. The molecule has 2 aliphatic carbocycles. The molecule has 3 heteroatoms. The molecule has 0 unspecified atom stereocenters. The number of ether oxygens (including phenoxy) is 1. The van der Waals surface area contributed by atoms with Gasteiger partial charge in [-0.3, -0.25) is 4.79 Å². The standard InChI is InChI=1S/C15H18O3/c1-8-10-6-11-9(2)12(16)4-5-15(11,3)7-13(10)18-14(8)17/h10-11,13H,1-2,4-7H2,3H3/t10-,11+,13-,15-/m1/s1. The Morgan fingerprint density at radius 1 is 1.28 bits per heavy atom. The van der Waals surface area contributed by atoms with Crippen LogP contribution in [0.1, 0.15) is 32.6 Å². The fourth-order valence-corrected chi connectivity index (χ4v) is 3.88. The molecule has 0 bridgehead atoms. The maximum atomic E-state index is 11.8. The number of esters is 1. The van der Waals surface area contributed by atoms with Crippen LogP contribution in [0.5, 0.6) is 0 Å². The predicted molar refractivity (Wildman–Crippen MR) is 66.7 cm³/mol. The molecule has 1 aliphatic heterocycles. The van der Waals surface area contributed by atoms with Gasteiger partial charge in [0, 0.05) is 17.9 Å².